The number of hydrogen-bond acceptors (Lipinski definition) is 4. The van der Waals surface area contributed by atoms with Crippen molar-refractivity contribution in [1.29, 1.82) is 0 Å². The summed E-state index contributed by atoms with van der Waals surface area (Å²) in [4.78, 5) is 11.5. The average molecular weight is 363 g/mol. The SMILES string of the molecule is NC(=O)C1COCCN1S(=O)(=O)c1ccc(CBr)cc1. The highest BCUT2D eigenvalue weighted by atomic mass is 79.9. The standard InChI is InChI=1S/C12H15BrN2O4S/c13-7-9-1-3-10(4-2-9)20(17,18)15-5-6-19-8-11(15)12(14)16/h1-4,11H,5-8H2,(H2,14,16). The molecule has 0 radical (unpaired) electrons. The number of nitrogens with two attached hydrogens (primary N) is 1. The lowest BCUT2D eigenvalue weighted by Gasteiger charge is -2.32. The van der Waals surface area contributed by atoms with Crippen molar-refractivity contribution in [3.8, 4) is 0 Å². The minimum absolute atomic E-state index is 0.00591. The van der Waals surface area contributed by atoms with Gasteiger partial charge in [0.1, 0.15) is 6.04 Å². The quantitative estimate of drug-likeness (QED) is 0.787. The summed E-state index contributed by atoms with van der Waals surface area (Å²) in [7, 11) is -3.74. The van der Waals surface area contributed by atoms with E-state index in [2.05, 4.69) is 15.9 Å². The molecule has 0 aliphatic carbocycles. The molecule has 20 heavy (non-hydrogen) atoms. The van der Waals surface area contributed by atoms with E-state index >= 15 is 0 Å². The van der Waals surface area contributed by atoms with E-state index in [1.807, 2.05) is 0 Å². The number of ether oxygens (including phenoxy) is 1. The van der Waals surface area contributed by atoms with Gasteiger partial charge >= 0.3 is 0 Å². The summed E-state index contributed by atoms with van der Waals surface area (Å²) in [5.74, 6) is -0.703. The molecule has 0 spiro atoms. The Morgan fingerprint density at radius 2 is 2.05 bits per heavy atom. The first-order valence-electron chi connectivity index (χ1n) is 6.00. The number of amides is 1. The minimum atomic E-state index is -3.74. The maximum atomic E-state index is 12.6. The summed E-state index contributed by atoms with van der Waals surface area (Å²) in [6, 6.07) is 5.55. The third-order valence-corrected chi connectivity index (χ3v) is 5.66. The third kappa shape index (κ3) is 3.03. The van der Waals surface area contributed by atoms with Gasteiger partial charge in [0.05, 0.1) is 18.1 Å². The number of carbonyl (C=O) groups excluding carboxylic acids is 1. The molecule has 1 unspecified atom stereocenters. The van der Waals surface area contributed by atoms with E-state index in [0.29, 0.717) is 5.33 Å². The molecule has 2 rings (SSSR count). The molecule has 6 nitrogen and oxygen atoms in total. The zero-order valence-corrected chi connectivity index (χ0v) is 13.1. The molecule has 1 saturated heterocycles. The molecular formula is C12H15BrN2O4S. The highest BCUT2D eigenvalue weighted by Gasteiger charge is 2.37. The molecule has 2 N–H and O–H groups in total. The fourth-order valence-electron chi connectivity index (χ4n) is 1.99. The van der Waals surface area contributed by atoms with Crippen LogP contribution in [0.2, 0.25) is 0 Å². The molecule has 1 aliphatic heterocycles. The predicted molar refractivity (Wildman–Crippen MR) is 76.8 cm³/mol. The number of hydrogen-bond donors (Lipinski definition) is 1. The van der Waals surface area contributed by atoms with E-state index in [0.717, 1.165) is 9.87 Å². The van der Waals surface area contributed by atoms with Crippen LogP contribution in [0.1, 0.15) is 5.56 Å². The summed E-state index contributed by atoms with van der Waals surface area (Å²) in [5, 5.41) is 0.648. The smallest absolute Gasteiger partial charge is 0.243 e. The average Bonchev–Trinajstić information content (AvgIpc) is 2.47. The van der Waals surface area contributed by atoms with Gasteiger partial charge in [-0.2, -0.15) is 4.31 Å². The normalized spacial score (nSPS) is 20.8. The Morgan fingerprint density at radius 3 is 2.60 bits per heavy atom. The van der Waals surface area contributed by atoms with Crippen molar-refractivity contribution < 1.29 is 17.9 Å². The van der Waals surface area contributed by atoms with Crippen LogP contribution >= 0.6 is 15.9 Å². The van der Waals surface area contributed by atoms with Crippen LogP contribution in [0.4, 0.5) is 0 Å². The molecule has 0 bridgehead atoms. The largest absolute Gasteiger partial charge is 0.378 e. The van der Waals surface area contributed by atoms with E-state index < -0.39 is 22.0 Å². The summed E-state index contributed by atoms with van der Waals surface area (Å²) >= 11 is 3.30. The Labute approximate surface area is 126 Å². The van der Waals surface area contributed by atoms with Gasteiger partial charge in [-0.05, 0) is 17.7 Å². The number of morpholine rings is 1. The molecular weight excluding hydrogens is 348 g/mol. The molecule has 1 aliphatic rings. The zero-order valence-electron chi connectivity index (χ0n) is 10.7. The monoisotopic (exact) mass is 362 g/mol. The lowest BCUT2D eigenvalue weighted by atomic mass is 10.2. The minimum Gasteiger partial charge on any atom is -0.378 e. The predicted octanol–water partition coefficient (Wildman–Crippen LogP) is 0.456. The Hall–Kier alpha value is -0.960. The summed E-state index contributed by atoms with van der Waals surface area (Å²) in [6.07, 6.45) is 0. The second-order valence-corrected chi connectivity index (χ2v) is 6.84. The fourth-order valence-corrected chi connectivity index (χ4v) is 3.93. The Kier molecular flexibility index (Phi) is 4.79. The van der Waals surface area contributed by atoms with Crippen molar-refractivity contribution in [1.82, 2.24) is 4.31 Å². The van der Waals surface area contributed by atoms with Crippen molar-refractivity contribution in [2.45, 2.75) is 16.3 Å². The van der Waals surface area contributed by atoms with Crippen LogP contribution in [0.25, 0.3) is 0 Å². The van der Waals surface area contributed by atoms with Gasteiger partial charge in [0.25, 0.3) is 0 Å². The number of rotatable bonds is 4. The van der Waals surface area contributed by atoms with E-state index in [-0.39, 0.29) is 24.7 Å². The summed E-state index contributed by atoms with van der Waals surface area (Å²) < 4.78 is 31.3. The maximum Gasteiger partial charge on any atom is 0.243 e. The highest BCUT2D eigenvalue weighted by molar-refractivity contribution is 9.08. The van der Waals surface area contributed by atoms with Crippen molar-refractivity contribution in [2.24, 2.45) is 5.73 Å². The Balaban J connectivity index is 2.34. The van der Waals surface area contributed by atoms with Crippen molar-refractivity contribution in [3.63, 3.8) is 0 Å². The van der Waals surface area contributed by atoms with Crippen LogP contribution in [0.3, 0.4) is 0 Å². The summed E-state index contributed by atoms with van der Waals surface area (Å²) in [5.41, 5.74) is 6.22. The van der Waals surface area contributed by atoms with Crippen LogP contribution in [-0.4, -0.2) is 44.4 Å². The first-order valence-corrected chi connectivity index (χ1v) is 8.57. The van der Waals surface area contributed by atoms with Gasteiger partial charge in [0.15, 0.2) is 0 Å². The van der Waals surface area contributed by atoms with Gasteiger partial charge in [-0.15, -0.1) is 0 Å². The molecule has 1 atom stereocenters. The van der Waals surface area contributed by atoms with Gasteiger partial charge in [-0.1, -0.05) is 28.1 Å². The molecule has 1 aromatic rings. The lowest BCUT2D eigenvalue weighted by Crippen LogP contribution is -2.54. The van der Waals surface area contributed by atoms with Crippen LogP contribution in [-0.2, 0) is 24.9 Å². The summed E-state index contributed by atoms with van der Waals surface area (Å²) in [6.45, 7) is 0.368. The zero-order chi connectivity index (χ0) is 14.8. The van der Waals surface area contributed by atoms with Gasteiger partial charge in [-0.3, -0.25) is 4.79 Å². The maximum absolute atomic E-state index is 12.6. The highest BCUT2D eigenvalue weighted by Crippen LogP contribution is 2.21. The van der Waals surface area contributed by atoms with Crippen molar-refractivity contribution >= 4 is 31.9 Å². The van der Waals surface area contributed by atoms with Crippen LogP contribution in [0.15, 0.2) is 29.2 Å². The number of nitrogens with zero attached hydrogens (tertiary/aromatic N) is 1. The van der Waals surface area contributed by atoms with Crippen molar-refractivity contribution in [3.05, 3.63) is 29.8 Å². The van der Waals surface area contributed by atoms with E-state index in [4.69, 9.17) is 10.5 Å². The Bertz CT molecular complexity index is 588. The number of carbonyl (C=O) groups is 1. The molecule has 1 fully saturated rings. The van der Waals surface area contributed by atoms with Gasteiger partial charge in [0.2, 0.25) is 15.9 Å². The fraction of sp³-hybridized carbons (Fsp3) is 0.417. The second kappa shape index (κ2) is 6.21. The van der Waals surface area contributed by atoms with Gasteiger partial charge < -0.3 is 10.5 Å². The number of primary amides is 1. The number of sulfonamides is 1. The topological polar surface area (TPSA) is 89.7 Å². The number of benzene rings is 1. The van der Waals surface area contributed by atoms with Gasteiger partial charge in [-0.25, -0.2) is 8.42 Å². The second-order valence-electron chi connectivity index (χ2n) is 4.39. The lowest BCUT2D eigenvalue weighted by molar-refractivity contribution is -0.125. The Morgan fingerprint density at radius 1 is 1.40 bits per heavy atom. The molecule has 1 heterocycles. The molecule has 0 aromatic heterocycles. The first kappa shape index (κ1) is 15.4. The van der Waals surface area contributed by atoms with Crippen molar-refractivity contribution in [2.75, 3.05) is 19.8 Å². The molecule has 1 aromatic carbocycles. The number of halogens is 1. The molecule has 8 heteroatoms. The van der Waals surface area contributed by atoms with Gasteiger partial charge in [0, 0.05) is 11.9 Å². The number of alkyl halides is 1. The van der Waals surface area contributed by atoms with Crippen LogP contribution in [0.5, 0.6) is 0 Å². The van der Waals surface area contributed by atoms with E-state index in [1.165, 1.54) is 12.1 Å². The molecule has 0 saturated carbocycles. The van der Waals surface area contributed by atoms with E-state index in [1.54, 1.807) is 12.1 Å². The van der Waals surface area contributed by atoms with Crippen LogP contribution in [0, 0.1) is 0 Å². The van der Waals surface area contributed by atoms with Crippen LogP contribution < -0.4 is 5.73 Å². The third-order valence-electron chi connectivity index (χ3n) is 3.09. The molecule has 110 valence electrons. The molecule has 1 amide bonds. The first-order chi connectivity index (χ1) is 9.46. The van der Waals surface area contributed by atoms with E-state index in [9.17, 15) is 13.2 Å².